The Morgan fingerprint density at radius 3 is 2.58 bits per heavy atom. The number of sulfonamides is 1. The van der Waals surface area contributed by atoms with Crippen LogP contribution in [0.15, 0.2) is 44.9 Å². The maximum absolute atomic E-state index is 11.9. The first-order chi connectivity index (χ1) is 8.88. The van der Waals surface area contributed by atoms with Crippen molar-refractivity contribution in [1.29, 1.82) is 0 Å². The average molecular weight is 283 g/mol. The zero-order valence-corrected chi connectivity index (χ0v) is 10.2. The van der Waals surface area contributed by atoms with Gasteiger partial charge in [-0.25, -0.2) is 13.2 Å². The molecule has 0 bridgehead atoms. The number of benzene rings is 1. The van der Waals surface area contributed by atoms with Crippen LogP contribution in [0, 0.1) is 0 Å². The van der Waals surface area contributed by atoms with Gasteiger partial charge in [0.15, 0.2) is 4.90 Å². The lowest BCUT2D eigenvalue weighted by molar-refractivity contribution is 0.475. The number of hydrogen-bond acceptors (Lipinski definition) is 5. The van der Waals surface area contributed by atoms with Crippen molar-refractivity contribution in [3.05, 3.63) is 51.3 Å². The molecule has 0 atom stereocenters. The van der Waals surface area contributed by atoms with Gasteiger partial charge in [-0.05, 0) is 12.1 Å². The minimum absolute atomic E-state index is 0.0885. The highest BCUT2D eigenvalue weighted by Crippen LogP contribution is 2.17. The number of aromatic hydroxyl groups is 1. The van der Waals surface area contributed by atoms with Crippen molar-refractivity contribution in [1.82, 2.24) is 9.97 Å². The Hall–Kier alpha value is -2.55. The lowest BCUT2D eigenvalue weighted by Crippen LogP contribution is -2.29. The molecule has 0 aliphatic carbocycles. The van der Waals surface area contributed by atoms with Crippen LogP contribution >= 0.6 is 0 Å². The van der Waals surface area contributed by atoms with Crippen molar-refractivity contribution in [2.75, 3.05) is 4.72 Å². The van der Waals surface area contributed by atoms with Gasteiger partial charge in [0.05, 0.1) is 5.69 Å². The molecule has 1 heterocycles. The zero-order valence-electron chi connectivity index (χ0n) is 9.38. The normalized spacial score (nSPS) is 11.2. The topological polar surface area (TPSA) is 132 Å². The second kappa shape index (κ2) is 4.61. The monoisotopic (exact) mass is 283 g/mol. The van der Waals surface area contributed by atoms with E-state index in [-0.39, 0.29) is 11.4 Å². The highest BCUT2D eigenvalue weighted by molar-refractivity contribution is 7.92. The number of aromatic amines is 2. The summed E-state index contributed by atoms with van der Waals surface area (Å²) in [6, 6.07) is 5.38. The zero-order chi connectivity index (χ0) is 14.0. The van der Waals surface area contributed by atoms with E-state index in [1.165, 1.54) is 24.3 Å². The number of H-pyrrole nitrogens is 2. The minimum atomic E-state index is -4.15. The fourth-order valence-corrected chi connectivity index (χ4v) is 2.43. The Labute approximate surface area is 106 Å². The first-order valence-corrected chi connectivity index (χ1v) is 6.51. The van der Waals surface area contributed by atoms with Crippen LogP contribution in [0.25, 0.3) is 0 Å². The second-order valence-corrected chi connectivity index (χ2v) is 5.24. The van der Waals surface area contributed by atoms with Crippen molar-refractivity contribution < 1.29 is 13.5 Å². The van der Waals surface area contributed by atoms with Crippen LogP contribution in [-0.4, -0.2) is 23.5 Å². The molecule has 1 aromatic carbocycles. The van der Waals surface area contributed by atoms with E-state index in [1.807, 2.05) is 0 Å². The van der Waals surface area contributed by atoms with Crippen molar-refractivity contribution in [3.63, 3.8) is 0 Å². The summed E-state index contributed by atoms with van der Waals surface area (Å²) in [5, 5.41) is 9.22. The number of rotatable bonds is 3. The van der Waals surface area contributed by atoms with Crippen LogP contribution in [0.2, 0.25) is 0 Å². The van der Waals surface area contributed by atoms with E-state index in [1.54, 1.807) is 4.98 Å². The summed E-state index contributed by atoms with van der Waals surface area (Å²) in [6.45, 7) is 0. The van der Waals surface area contributed by atoms with Gasteiger partial charge in [0.2, 0.25) is 0 Å². The van der Waals surface area contributed by atoms with Gasteiger partial charge in [-0.1, -0.05) is 6.07 Å². The molecule has 100 valence electrons. The summed E-state index contributed by atoms with van der Waals surface area (Å²) in [4.78, 5) is 25.5. The predicted octanol–water partition coefficient (Wildman–Crippen LogP) is -0.430. The minimum Gasteiger partial charge on any atom is -0.508 e. The maximum atomic E-state index is 11.9. The smallest absolute Gasteiger partial charge is 0.325 e. The van der Waals surface area contributed by atoms with Crippen LogP contribution in [0.5, 0.6) is 5.75 Å². The number of nitrogens with one attached hydrogen (secondary N) is 3. The number of phenolic OH excluding ortho intramolecular Hbond substituents is 1. The van der Waals surface area contributed by atoms with E-state index in [0.29, 0.717) is 0 Å². The van der Waals surface area contributed by atoms with Gasteiger partial charge in [-0.15, -0.1) is 0 Å². The fourth-order valence-electron chi connectivity index (χ4n) is 1.38. The molecule has 0 aliphatic rings. The third kappa shape index (κ3) is 2.83. The van der Waals surface area contributed by atoms with Crippen molar-refractivity contribution >= 4 is 15.7 Å². The number of aromatic nitrogens is 2. The van der Waals surface area contributed by atoms with Crippen molar-refractivity contribution in [3.8, 4) is 5.75 Å². The highest BCUT2D eigenvalue weighted by atomic mass is 32.2. The van der Waals surface area contributed by atoms with Crippen LogP contribution in [0.1, 0.15) is 0 Å². The largest absolute Gasteiger partial charge is 0.508 e. The summed E-state index contributed by atoms with van der Waals surface area (Å²) in [7, 11) is -4.15. The lowest BCUT2D eigenvalue weighted by Gasteiger charge is -2.06. The van der Waals surface area contributed by atoms with Gasteiger partial charge in [0, 0.05) is 12.3 Å². The molecular formula is C10H9N3O5S. The predicted molar refractivity (Wildman–Crippen MR) is 66.6 cm³/mol. The Bertz CT molecular complexity index is 821. The van der Waals surface area contributed by atoms with Gasteiger partial charge in [-0.3, -0.25) is 14.5 Å². The molecule has 8 nitrogen and oxygen atoms in total. The van der Waals surface area contributed by atoms with Crippen LogP contribution in [-0.2, 0) is 10.0 Å². The van der Waals surface area contributed by atoms with E-state index in [4.69, 9.17) is 0 Å². The summed E-state index contributed by atoms with van der Waals surface area (Å²) < 4.78 is 25.9. The van der Waals surface area contributed by atoms with Gasteiger partial charge in [-0.2, -0.15) is 0 Å². The highest BCUT2D eigenvalue weighted by Gasteiger charge is 2.18. The molecule has 0 radical (unpaired) electrons. The van der Waals surface area contributed by atoms with Gasteiger partial charge < -0.3 is 10.1 Å². The number of hydrogen-bond donors (Lipinski definition) is 4. The third-order valence-electron chi connectivity index (χ3n) is 2.17. The molecule has 0 unspecified atom stereocenters. The van der Waals surface area contributed by atoms with E-state index >= 15 is 0 Å². The average Bonchev–Trinajstić information content (AvgIpc) is 2.27. The summed E-state index contributed by atoms with van der Waals surface area (Å²) in [5.41, 5.74) is -1.75. The van der Waals surface area contributed by atoms with Crippen LogP contribution in [0.4, 0.5) is 5.69 Å². The Kier molecular flexibility index (Phi) is 3.13. The molecule has 4 N–H and O–H groups in total. The standard InChI is InChI=1S/C10H9N3O5S/c14-7-3-1-2-6(4-7)13-19(17,18)8-5-11-10(16)12-9(8)15/h1-5,13-14H,(H2,11,12,15,16). The van der Waals surface area contributed by atoms with Crippen molar-refractivity contribution in [2.24, 2.45) is 0 Å². The quantitative estimate of drug-likeness (QED) is 0.606. The first-order valence-electron chi connectivity index (χ1n) is 5.02. The molecular weight excluding hydrogens is 274 g/mol. The van der Waals surface area contributed by atoms with Crippen LogP contribution < -0.4 is 16.0 Å². The Morgan fingerprint density at radius 2 is 1.95 bits per heavy atom. The van der Waals surface area contributed by atoms with Gasteiger partial charge in [0.1, 0.15) is 5.75 Å². The van der Waals surface area contributed by atoms with Crippen molar-refractivity contribution in [2.45, 2.75) is 4.90 Å². The third-order valence-corrected chi connectivity index (χ3v) is 3.56. The van der Waals surface area contributed by atoms with Gasteiger partial charge >= 0.3 is 5.69 Å². The molecule has 0 saturated carbocycles. The molecule has 19 heavy (non-hydrogen) atoms. The molecule has 2 rings (SSSR count). The van der Waals surface area contributed by atoms with Gasteiger partial charge in [0.25, 0.3) is 15.6 Å². The maximum Gasteiger partial charge on any atom is 0.325 e. The molecule has 0 aliphatic heterocycles. The summed E-state index contributed by atoms with van der Waals surface area (Å²) >= 11 is 0. The SMILES string of the molecule is O=c1[nH]cc(S(=O)(=O)Nc2cccc(O)c2)c(=O)[nH]1. The molecule has 1 aromatic heterocycles. The molecule has 0 saturated heterocycles. The number of phenols is 1. The molecule has 2 aromatic rings. The lowest BCUT2D eigenvalue weighted by atomic mass is 10.3. The summed E-state index contributed by atoms with van der Waals surface area (Å²) in [6.07, 6.45) is 0.798. The van der Waals surface area contributed by atoms with E-state index in [9.17, 15) is 23.1 Å². The first kappa shape index (κ1) is 12.9. The Balaban J connectivity index is 2.43. The molecule has 9 heteroatoms. The molecule has 0 fully saturated rings. The second-order valence-electron chi connectivity index (χ2n) is 3.59. The molecule has 0 amide bonds. The molecule has 0 spiro atoms. The Morgan fingerprint density at radius 1 is 1.21 bits per heavy atom. The van der Waals surface area contributed by atoms with E-state index < -0.39 is 26.2 Å². The fraction of sp³-hybridized carbons (Fsp3) is 0. The number of anilines is 1. The van der Waals surface area contributed by atoms with E-state index in [0.717, 1.165) is 6.20 Å². The summed E-state index contributed by atoms with van der Waals surface area (Å²) in [5.74, 6) is -0.129. The van der Waals surface area contributed by atoms with E-state index in [2.05, 4.69) is 9.71 Å². The van der Waals surface area contributed by atoms with Crippen LogP contribution in [0.3, 0.4) is 0 Å².